The third-order valence-electron chi connectivity index (χ3n) is 3.95. The summed E-state index contributed by atoms with van der Waals surface area (Å²) in [6.07, 6.45) is 2.57. The number of amides is 1. The van der Waals surface area contributed by atoms with Crippen molar-refractivity contribution in [2.45, 2.75) is 20.3 Å². The van der Waals surface area contributed by atoms with E-state index in [4.69, 9.17) is 0 Å². The van der Waals surface area contributed by atoms with Crippen LogP contribution in [0.1, 0.15) is 25.0 Å². The molecule has 0 radical (unpaired) electrons. The van der Waals surface area contributed by atoms with Crippen LogP contribution >= 0.6 is 0 Å². The number of aromatic amines is 2. The molecule has 24 heavy (non-hydrogen) atoms. The van der Waals surface area contributed by atoms with Gasteiger partial charge in [-0.25, -0.2) is 4.79 Å². The number of hydrogen-bond donors (Lipinski definition) is 3. The van der Waals surface area contributed by atoms with Gasteiger partial charge in [-0.05, 0) is 48.2 Å². The van der Waals surface area contributed by atoms with Gasteiger partial charge in [0.15, 0.2) is 0 Å². The van der Waals surface area contributed by atoms with Crippen molar-refractivity contribution < 1.29 is 4.79 Å². The summed E-state index contributed by atoms with van der Waals surface area (Å²) in [5.41, 5.74) is 4.92. The fraction of sp³-hybridized carbons (Fsp3) is 0.158. The number of carbonyl (C=O) groups excluding carboxylic acids is 1. The van der Waals surface area contributed by atoms with Crippen LogP contribution in [0.5, 0.6) is 0 Å². The normalized spacial score (nSPS) is 11.7. The maximum atomic E-state index is 12.2. The van der Waals surface area contributed by atoms with E-state index < -0.39 is 0 Å². The van der Waals surface area contributed by atoms with E-state index in [1.165, 1.54) is 5.56 Å². The number of carbonyl (C=O) groups is 1. The van der Waals surface area contributed by atoms with E-state index in [9.17, 15) is 9.59 Å². The van der Waals surface area contributed by atoms with Gasteiger partial charge in [-0.1, -0.05) is 31.2 Å². The van der Waals surface area contributed by atoms with E-state index in [0.29, 0.717) is 16.7 Å². The first kappa shape index (κ1) is 15.8. The topological polar surface area (TPSA) is 77.8 Å². The number of aryl methyl sites for hydroxylation is 1. The number of H-pyrrole nitrogens is 2. The minimum atomic E-state index is -0.264. The zero-order chi connectivity index (χ0) is 17.1. The average molecular weight is 321 g/mol. The number of hydrogen-bond acceptors (Lipinski definition) is 2. The van der Waals surface area contributed by atoms with Gasteiger partial charge >= 0.3 is 5.69 Å². The number of allylic oxidation sites excluding steroid dienone is 1. The molecular weight excluding hydrogens is 302 g/mol. The standard InChI is InChI=1S/C19H19N3O2/c1-3-13-4-6-14(7-5-13)12(2)10-18(23)20-15-8-9-16-17(11-15)22-19(24)21-16/h4-11H,3H2,1-2H3,(H,20,23)(H2,21,22,24). The van der Waals surface area contributed by atoms with E-state index in [2.05, 4.69) is 34.3 Å². The second kappa shape index (κ2) is 6.58. The Bertz CT molecular complexity index is 962. The summed E-state index contributed by atoms with van der Waals surface area (Å²) in [6, 6.07) is 13.4. The molecule has 0 bridgehead atoms. The Balaban J connectivity index is 1.75. The van der Waals surface area contributed by atoms with Crippen molar-refractivity contribution in [1.29, 1.82) is 0 Å². The molecule has 0 saturated carbocycles. The molecular formula is C19H19N3O2. The fourth-order valence-electron chi connectivity index (χ4n) is 2.57. The van der Waals surface area contributed by atoms with Crippen LogP contribution in [0.15, 0.2) is 53.3 Å². The zero-order valence-electron chi connectivity index (χ0n) is 13.6. The van der Waals surface area contributed by atoms with Gasteiger partial charge in [-0.15, -0.1) is 0 Å². The molecule has 0 saturated heterocycles. The maximum Gasteiger partial charge on any atom is 0.323 e. The first-order chi connectivity index (χ1) is 11.5. The number of fused-ring (bicyclic) bond motifs is 1. The van der Waals surface area contributed by atoms with Gasteiger partial charge in [0.1, 0.15) is 0 Å². The van der Waals surface area contributed by atoms with Gasteiger partial charge in [0.2, 0.25) is 5.91 Å². The van der Waals surface area contributed by atoms with Crippen molar-refractivity contribution in [1.82, 2.24) is 9.97 Å². The van der Waals surface area contributed by atoms with Crippen LogP contribution in [0.25, 0.3) is 16.6 Å². The third-order valence-corrected chi connectivity index (χ3v) is 3.95. The lowest BCUT2D eigenvalue weighted by molar-refractivity contribution is -0.111. The number of anilines is 1. The van der Waals surface area contributed by atoms with Crippen LogP contribution in [-0.2, 0) is 11.2 Å². The molecule has 1 heterocycles. The largest absolute Gasteiger partial charge is 0.323 e. The van der Waals surface area contributed by atoms with Crippen molar-refractivity contribution in [3.05, 3.63) is 70.2 Å². The molecule has 5 heteroatoms. The number of rotatable bonds is 4. The smallest absolute Gasteiger partial charge is 0.322 e. The lowest BCUT2D eigenvalue weighted by atomic mass is 10.0. The Morgan fingerprint density at radius 1 is 1.08 bits per heavy atom. The number of imidazole rings is 1. The van der Waals surface area contributed by atoms with Crippen molar-refractivity contribution in [3.63, 3.8) is 0 Å². The molecule has 0 aliphatic heterocycles. The molecule has 1 aromatic heterocycles. The summed E-state index contributed by atoms with van der Waals surface area (Å²) >= 11 is 0. The molecule has 0 aliphatic carbocycles. The van der Waals surface area contributed by atoms with Gasteiger partial charge in [-0.3, -0.25) is 4.79 Å². The molecule has 1 amide bonds. The number of aromatic nitrogens is 2. The maximum absolute atomic E-state index is 12.2. The molecule has 122 valence electrons. The molecule has 0 atom stereocenters. The first-order valence-electron chi connectivity index (χ1n) is 7.86. The Kier molecular flexibility index (Phi) is 4.33. The monoisotopic (exact) mass is 321 g/mol. The van der Waals surface area contributed by atoms with E-state index >= 15 is 0 Å². The summed E-state index contributed by atoms with van der Waals surface area (Å²) in [6.45, 7) is 4.02. The summed E-state index contributed by atoms with van der Waals surface area (Å²) in [5.74, 6) is -0.204. The van der Waals surface area contributed by atoms with E-state index in [1.807, 2.05) is 19.1 Å². The molecule has 3 N–H and O–H groups in total. The van der Waals surface area contributed by atoms with Crippen molar-refractivity contribution in [3.8, 4) is 0 Å². The molecule has 3 rings (SSSR count). The third kappa shape index (κ3) is 3.46. The predicted molar refractivity (Wildman–Crippen MR) is 97.0 cm³/mol. The molecule has 0 unspecified atom stereocenters. The molecule has 0 aliphatic rings. The lowest BCUT2D eigenvalue weighted by Crippen LogP contribution is -2.08. The van der Waals surface area contributed by atoms with Crippen LogP contribution in [0.3, 0.4) is 0 Å². The summed E-state index contributed by atoms with van der Waals surface area (Å²) in [7, 11) is 0. The fourth-order valence-corrected chi connectivity index (χ4v) is 2.57. The highest BCUT2D eigenvalue weighted by Crippen LogP contribution is 2.17. The summed E-state index contributed by atoms with van der Waals surface area (Å²) in [4.78, 5) is 28.8. The van der Waals surface area contributed by atoms with Crippen LogP contribution in [0.4, 0.5) is 5.69 Å². The molecule has 2 aromatic carbocycles. The lowest BCUT2D eigenvalue weighted by Gasteiger charge is -2.05. The van der Waals surface area contributed by atoms with Crippen LogP contribution < -0.4 is 11.0 Å². The SMILES string of the molecule is CCc1ccc(C(C)=CC(=O)Nc2ccc3[nH]c(=O)[nH]c3c2)cc1. The highest BCUT2D eigenvalue weighted by molar-refractivity contribution is 6.04. The Labute approximate surface area is 139 Å². The Morgan fingerprint density at radius 2 is 1.79 bits per heavy atom. The van der Waals surface area contributed by atoms with Crippen LogP contribution in [0, 0.1) is 0 Å². The first-order valence-corrected chi connectivity index (χ1v) is 7.86. The van der Waals surface area contributed by atoms with Crippen molar-refractivity contribution in [2.24, 2.45) is 0 Å². The van der Waals surface area contributed by atoms with E-state index in [-0.39, 0.29) is 11.6 Å². The number of nitrogens with one attached hydrogen (secondary N) is 3. The van der Waals surface area contributed by atoms with Gasteiger partial charge in [0, 0.05) is 11.8 Å². The molecule has 3 aromatic rings. The van der Waals surface area contributed by atoms with Gasteiger partial charge < -0.3 is 15.3 Å². The average Bonchev–Trinajstić information content (AvgIpc) is 2.94. The highest BCUT2D eigenvalue weighted by Gasteiger charge is 2.04. The molecule has 0 fully saturated rings. The van der Waals surface area contributed by atoms with Gasteiger partial charge in [-0.2, -0.15) is 0 Å². The quantitative estimate of drug-likeness (QED) is 0.644. The van der Waals surface area contributed by atoms with E-state index in [0.717, 1.165) is 17.6 Å². The van der Waals surface area contributed by atoms with E-state index in [1.54, 1.807) is 24.3 Å². The molecule has 5 nitrogen and oxygen atoms in total. The highest BCUT2D eigenvalue weighted by atomic mass is 16.1. The minimum absolute atomic E-state index is 0.204. The predicted octanol–water partition coefficient (Wildman–Crippen LogP) is 3.46. The minimum Gasteiger partial charge on any atom is -0.322 e. The van der Waals surface area contributed by atoms with Crippen LogP contribution in [-0.4, -0.2) is 15.9 Å². The Morgan fingerprint density at radius 3 is 2.50 bits per heavy atom. The second-order valence-corrected chi connectivity index (χ2v) is 5.71. The van der Waals surface area contributed by atoms with Gasteiger partial charge in [0.25, 0.3) is 0 Å². The van der Waals surface area contributed by atoms with Crippen LogP contribution in [0.2, 0.25) is 0 Å². The zero-order valence-corrected chi connectivity index (χ0v) is 13.6. The summed E-state index contributed by atoms with van der Waals surface area (Å²) in [5, 5.41) is 2.82. The Hall–Kier alpha value is -3.08. The summed E-state index contributed by atoms with van der Waals surface area (Å²) < 4.78 is 0. The second-order valence-electron chi connectivity index (χ2n) is 5.71. The number of benzene rings is 2. The van der Waals surface area contributed by atoms with Gasteiger partial charge in [0.05, 0.1) is 11.0 Å². The van der Waals surface area contributed by atoms with Crippen molar-refractivity contribution in [2.75, 3.05) is 5.32 Å². The van der Waals surface area contributed by atoms with Crippen molar-refractivity contribution >= 4 is 28.2 Å². The molecule has 0 spiro atoms.